The number of carboxylic acids is 18. The summed E-state index contributed by atoms with van der Waals surface area (Å²) in [5, 5.41) is 311. The molecule has 0 saturated carbocycles. The minimum Gasteiger partial charge on any atom is -0.547 e. The summed E-state index contributed by atoms with van der Waals surface area (Å²) in [6.07, 6.45) is -24.2. The molecule has 0 bridgehead atoms. The Morgan fingerprint density at radius 2 is 0.124 bits per heavy atom. The monoisotopic (exact) mass is 2050 g/mol. The number of aliphatic carboxylic acids is 18. The van der Waals surface area contributed by atoms with Crippen LogP contribution in [0.25, 0.3) is 0 Å². The molecule has 648 valence electrons. The second kappa shape index (κ2) is 112. The zero-order chi connectivity index (χ0) is 92.8. The molecule has 0 rings (SSSR count). The van der Waals surface area contributed by atoms with E-state index in [0.717, 1.165) is 125 Å². The Balaban J connectivity index is -0.0000000360. The zero-order valence-electron chi connectivity index (χ0n) is 62.6. The van der Waals surface area contributed by atoms with Crippen LogP contribution in [0.1, 0.15) is 125 Å². The Morgan fingerprint density at radius 1 is 0.115 bits per heavy atom. The number of hydrogen-bond donors (Lipinski definition) is 18. The number of hydrogen-bond acceptors (Lipinski definition) is 54. The smallest absolute Gasteiger partial charge is 0.547 e. The van der Waals surface area contributed by atoms with Crippen molar-refractivity contribution in [3.8, 4) is 0 Å². The van der Waals surface area contributed by atoms with Crippen LogP contribution < -0.4 is 91.9 Å². The Morgan fingerprint density at radius 3 is 0.124 bits per heavy atom. The van der Waals surface area contributed by atoms with E-state index >= 15 is 0 Å². The molecule has 0 aromatic heterocycles. The average molecular weight is 2060 g/mol. The van der Waals surface area contributed by atoms with Crippen molar-refractivity contribution in [2.75, 3.05) is 0 Å². The Bertz CT molecular complexity index is 1730. The van der Waals surface area contributed by atoms with Crippen molar-refractivity contribution in [3.63, 3.8) is 0 Å². The third-order valence-corrected chi connectivity index (χ3v) is 6.14. The first kappa shape index (κ1) is 171. The number of rotatable bonds is 18. The predicted octanol–water partition coefficient (Wildman–Crippen LogP) is -33.9. The molecule has 18 N–H and O–H groups in total. The fourth-order valence-corrected chi connectivity index (χ4v) is 0. The topological polar surface area (TPSA) is 1090 Å². The summed E-state index contributed by atoms with van der Waals surface area (Å²) in [6, 6.07) is 0. The molecule has 0 spiro atoms. The summed E-state index contributed by atoms with van der Waals surface area (Å²) in [5.41, 5.74) is 0. The standard InChI is InChI=1S/18C3H6O3.5Zr/c18*1-2(4)3(5)6;;;;;/h18*2,4H,1H3,(H,5,6);;;;;/q;;;;;;;;;;;;;;;;;;5*+4/p-18. The van der Waals surface area contributed by atoms with Crippen molar-refractivity contribution in [1.29, 1.82) is 0 Å². The summed E-state index contributed by atoms with van der Waals surface area (Å²) in [6.45, 7) is 20.4. The molecule has 18 atom stereocenters. The maximum absolute atomic E-state index is 9.34. The van der Waals surface area contributed by atoms with Gasteiger partial charge in [0.05, 0.1) is 217 Å². The molecule has 0 heterocycles. The summed E-state index contributed by atoms with van der Waals surface area (Å²) in [7, 11) is 0. The predicted molar refractivity (Wildman–Crippen MR) is 300 cm³/mol. The van der Waals surface area contributed by atoms with Gasteiger partial charge in [-0.25, -0.2) is 0 Å². The van der Waals surface area contributed by atoms with E-state index in [2.05, 4.69) is 0 Å². The molecule has 0 saturated heterocycles. The Kier molecular flexibility index (Phi) is 170. The molecule has 0 radical (unpaired) electrons. The van der Waals surface area contributed by atoms with Gasteiger partial charge in [-0.15, -0.1) is 0 Å². The fraction of sp³-hybridized carbons (Fsp3) is 0.667. The molecule has 18 unspecified atom stereocenters. The molecular weight excluding hydrogens is 1970 g/mol. The largest absolute Gasteiger partial charge is 4.00 e. The molecule has 0 aliphatic rings. The van der Waals surface area contributed by atoms with Crippen LogP contribution in [0.2, 0.25) is 0 Å². The average Bonchev–Trinajstić information content (AvgIpc) is 3.49. The van der Waals surface area contributed by atoms with Gasteiger partial charge in [-0.3, -0.25) is 0 Å². The molecule has 0 fully saturated rings. The van der Waals surface area contributed by atoms with Crippen molar-refractivity contribution < 1.29 is 401 Å². The van der Waals surface area contributed by atoms with E-state index in [1.54, 1.807) is 0 Å². The van der Waals surface area contributed by atoms with Crippen LogP contribution in [0.3, 0.4) is 0 Å². The third-order valence-electron chi connectivity index (χ3n) is 6.14. The van der Waals surface area contributed by atoms with E-state index in [1.165, 1.54) is 0 Å². The van der Waals surface area contributed by atoms with Gasteiger partial charge in [0, 0.05) is 0 Å². The summed E-state index contributed by atoms with van der Waals surface area (Å²) < 4.78 is 0. The first-order valence-corrected chi connectivity index (χ1v) is 27.6. The number of carboxylic acid groups (broad SMARTS) is 18. The van der Waals surface area contributed by atoms with E-state index in [4.69, 9.17) is 91.9 Å². The van der Waals surface area contributed by atoms with Gasteiger partial charge < -0.3 is 270 Å². The molecule has 0 amide bonds. The van der Waals surface area contributed by atoms with Crippen LogP contribution >= 0.6 is 0 Å². The SMILES string of the molecule is CC(O)C(=O)[O-].CC(O)C(=O)[O-].CC(O)C(=O)[O-].CC(O)C(=O)[O-].CC(O)C(=O)[O-].CC(O)C(=O)[O-].CC(O)C(=O)[O-].CC(O)C(=O)[O-].CC(O)C(=O)[O-].CC(O)C(=O)[O-].CC(O)C(=O)[O-].CC(O)C(=O)[O-].CC(O)C(=O)[O-].CC(O)C(=O)[O-].CC(O)C(=O)[O-].CC(O)C(=O)[O-].CC(O)C(=O)[O-].CC(O)C(=O)[O-].[Zr+4].[Zr+4].[Zr+4].[Zr+4].[Zr+4]. The van der Waals surface area contributed by atoms with Gasteiger partial charge in [-0.2, -0.15) is 0 Å². The second-order valence-electron chi connectivity index (χ2n) is 17.9. The van der Waals surface area contributed by atoms with Crippen molar-refractivity contribution >= 4 is 107 Å². The Hall–Kier alpha value is -5.84. The number of carbonyl (C=O) groups excluding carboxylic acids is 18. The summed E-state index contributed by atoms with van der Waals surface area (Å²) >= 11 is 0. The second-order valence-corrected chi connectivity index (χ2v) is 17.9. The molecule has 0 aliphatic heterocycles. The maximum atomic E-state index is 9.34. The van der Waals surface area contributed by atoms with Crippen molar-refractivity contribution in [3.05, 3.63) is 0 Å². The van der Waals surface area contributed by atoms with Crippen LogP contribution in [0.15, 0.2) is 0 Å². The van der Waals surface area contributed by atoms with Crippen LogP contribution in [0.5, 0.6) is 0 Å². The first-order valence-electron chi connectivity index (χ1n) is 27.6. The van der Waals surface area contributed by atoms with Gasteiger partial charge in [-0.05, 0) is 125 Å². The van der Waals surface area contributed by atoms with E-state index in [-0.39, 0.29) is 131 Å². The molecule has 0 aliphatic carbocycles. The first-order chi connectivity index (χ1) is 47.6. The molecule has 0 aromatic rings. The van der Waals surface area contributed by atoms with Crippen molar-refractivity contribution in [1.82, 2.24) is 0 Å². The van der Waals surface area contributed by atoms with Gasteiger partial charge in [0.25, 0.3) is 0 Å². The molecule has 54 nitrogen and oxygen atoms in total. The fourth-order valence-electron chi connectivity index (χ4n) is 0. The molecule has 113 heavy (non-hydrogen) atoms. The van der Waals surface area contributed by atoms with E-state index in [1.807, 2.05) is 0 Å². The normalized spacial score (nSPS) is 13.1. The quantitative estimate of drug-likeness (QED) is 0.0606. The van der Waals surface area contributed by atoms with Gasteiger partial charge in [0.2, 0.25) is 0 Å². The van der Waals surface area contributed by atoms with Crippen molar-refractivity contribution in [2.24, 2.45) is 0 Å². The molecule has 59 heteroatoms. The van der Waals surface area contributed by atoms with Crippen molar-refractivity contribution in [2.45, 2.75) is 234 Å². The van der Waals surface area contributed by atoms with E-state index in [0.29, 0.717) is 0 Å². The number of aliphatic hydroxyl groups excluding tert-OH is 18. The van der Waals surface area contributed by atoms with Crippen LogP contribution in [-0.2, 0) is 217 Å². The van der Waals surface area contributed by atoms with Gasteiger partial charge >= 0.3 is 131 Å². The number of aliphatic hydroxyl groups is 18. The van der Waals surface area contributed by atoms with Crippen LogP contribution in [0.4, 0.5) is 0 Å². The minimum absolute atomic E-state index is 0. The minimum atomic E-state index is -1.44. The van der Waals surface area contributed by atoms with Crippen LogP contribution in [-0.4, -0.2) is 309 Å². The molecular formula is C54H90O54Zr5+2. The third kappa shape index (κ3) is 263. The molecule has 0 aromatic carbocycles. The summed E-state index contributed by atoms with van der Waals surface area (Å²) in [5.74, 6) is -25.8. The van der Waals surface area contributed by atoms with Gasteiger partial charge in [0.15, 0.2) is 0 Å². The van der Waals surface area contributed by atoms with E-state index < -0.39 is 217 Å². The summed E-state index contributed by atoms with van der Waals surface area (Å²) in [4.78, 5) is 168. The van der Waals surface area contributed by atoms with E-state index in [9.17, 15) is 178 Å². The number of carbonyl (C=O) groups is 18. The van der Waals surface area contributed by atoms with Gasteiger partial charge in [-0.1, -0.05) is 0 Å². The maximum Gasteiger partial charge on any atom is 4.00 e. The van der Waals surface area contributed by atoms with Crippen LogP contribution in [0, 0.1) is 0 Å². The Labute approximate surface area is 737 Å². The zero-order valence-corrected chi connectivity index (χ0v) is 74.9. The van der Waals surface area contributed by atoms with Gasteiger partial charge in [0.1, 0.15) is 0 Å².